The summed E-state index contributed by atoms with van der Waals surface area (Å²) in [7, 11) is 0. The smallest absolute Gasteiger partial charge is 0.310 e. The minimum atomic E-state index is -1.12. The zero-order chi connectivity index (χ0) is 21.0. The van der Waals surface area contributed by atoms with Gasteiger partial charge in [0.2, 0.25) is 5.91 Å². The molecule has 2 aromatic rings. The normalized spacial score (nSPS) is 14.1. The number of nitrogens with zero attached hydrogens (tertiary/aromatic N) is 1. The van der Waals surface area contributed by atoms with Crippen molar-refractivity contribution in [3.63, 3.8) is 0 Å². The minimum absolute atomic E-state index is 0.0542. The van der Waals surface area contributed by atoms with Crippen LogP contribution in [-0.4, -0.2) is 40.9 Å². The quantitative estimate of drug-likeness (QED) is 0.754. The first kappa shape index (κ1) is 20.6. The van der Waals surface area contributed by atoms with Crippen molar-refractivity contribution in [3.8, 4) is 0 Å². The molecular formula is C23H26N2O4. The van der Waals surface area contributed by atoms with Crippen molar-refractivity contribution in [2.75, 3.05) is 18.4 Å². The zero-order valence-electron chi connectivity index (χ0n) is 16.8. The summed E-state index contributed by atoms with van der Waals surface area (Å²) in [6.45, 7) is 5.12. The van der Waals surface area contributed by atoms with Crippen LogP contribution < -0.4 is 5.32 Å². The molecule has 152 valence electrons. The fraction of sp³-hybridized carbons (Fsp3) is 0.348. The Morgan fingerprint density at radius 2 is 1.52 bits per heavy atom. The van der Waals surface area contributed by atoms with Crippen LogP contribution in [0.1, 0.15) is 41.8 Å². The number of aliphatic carboxylic acids is 1. The van der Waals surface area contributed by atoms with E-state index in [9.17, 15) is 19.5 Å². The van der Waals surface area contributed by atoms with Crippen LogP contribution in [0.3, 0.4) is 0 Å². The van der Waals surface area contributed by atoms with Crippen LogP contribution in [0.25, 0.3) is 0 Å². The first-order chi connectivity index (χ1) is 13.9. The third-order valence-electron chi connectivity index (χ3n) is 5.59. The maximum Gasteiger partial charge on any atom is 0.310 e. The molecule has 2 amide bonds. The van der Waals surface area contributed by atoms with Gasteiger partial charge in [0.25, 0.3) is 5.91 Å². The van der Waals surface area contributed by atoms with E-state index in [1.807, 2.05) is 38.1 Å². The van der Waals surface area contributed by atoms with E-state index in [-0.39, 0.29) is 18.2 Å². The van der Waals surface area contributed by atoms with Gasteiger partial charge < -0.3 is 15.3 Å². The molecule has 0 radical (unpaired) electrons. The summed E-state index contributed by atoms with van der Waals surface area (Å²) in [5.41, 5.74) is 1.96. The predicted octanol–water partition coefficient (Wildman–Crippen LogP) is 3.37. The molecule has 0 saturated heterocycles. The molecule has 2 N–H and O–H groups in total. The van der Waals surface area contributed by atoms with Gasteiger partial charge in [-0.15, -0.1) is 0 Å². The Kier molecular flexibility index (Phi) is 6.01. The Labute approximate surface area is 170 Å². The van der Waals surface area contributed by atoms with Crippen molar-refractivity contribution in [3.05, 3.63) is 65.2 Å². The molecule has 0 heterocycles. The highest BCUT2D eigenvalue weighted by molar-refractivity contribution is 5.97. The number of carboxylic acids is 1. The van der Waals surface area contributed by atoms with Crippen molar-refractivity contribution in [1.82, 2.24) is 4.90 Å². The second kappa shape index (κ2) is 8.47. The zero-order valence-corrected chi connectivity index (χ0v) is 16.8. The van der Waals surface area contributed by atoms with E-state index in [2.05, 4.69) is 5.32 Å². The summed E-state index contributed by atoms with van der Waals surface area (Å²) >= 11 is 0. The molecule has 6 heteroatoms. The number of nitrogens with one attached hydrogen (secondary N) is 1. The number of benzene rings is 2. The van der Waals surface area contributed by atoms with Crippen molar-refractivity contribution >= 4 is 23.5 Å². The van der Waals surface area contributed by atoms with Crippen LogP contribution in [0.5, 0.6) is 0 Å². The number of fused-ring (bicyclic) bond motifs is 1. The number of carbonyl (C=O) groups excluding carboxylic acids is 2. The molecule has 0 fully saturated rings. The molecule has 0 atom stereocenters. The molecule has 0 spiro atoms. The topological polar surface area (TPSA) is 86.7 Å². The van der Waals surface area contributed by atoms with Crippen molar-refractivity contribution in [2.24, 2.45) is 5.41 Å². The molecule has 1 aliphatic carbocycles. The lowest BCUT2D eigenvalue weighted by atomic mass is 9.81. The predicted molar refractivity (Wildman–Crippen MR) is 111 cm³/mol. The van der Waals surface area contributed by atoms with E-state index in [1.54, 1.807) is 29.2 Å². The van der Waals surface area contributed by atoms with Crippen molar-refractivity contribution in [1.29, 1.82) is 0 Å². The molecule has 0 unspecified atom stereocenters. The summed E-state index contributed by atoms with van der Waals surface area (Å²) in [6, 6.07) is 14.3. The third-order valence-corrected chi connectivity index (χ3v) is 5.59. The van der Waals surface area contributed by atoms with E-state index in [1.165, 1.54) is 0 Å². The molecule has 0 saturated carbocycles. The summed E-state index contributed by atoms with van der Waals surface area (Å²) < 4.78 is 0. The molecule has 1 aliphatic rings. The molecule has 2 aromatic carbocycles. The van der Waals surface area contributed by atoms with Gasteiger partial charge in [-0.1, -0.05) is 24.3 Å². The lowest BCUT2D eigenvalue weighted by Crippen LogP contribution is -2.36. The third kappa shape index (κ3) is 4.31. The Morgan fingerprint density at radius 1 is 0.966 bits per heavy atom. The van der Waals surface area contributed by atoms with E-state index < -0.39 is 11.4 Å². The molecule has 0 bridgehead atoms. The molecule has 0 aliphatic heterocycles. The number of carboxylic acid groups (broad SMARTS) is 1. The van der Waals surface area contributed by atoms with Gasteiger partial charge in [0, 0.05) is 30.8 Å². The van der Waals surface area contributed by atoms with Crippen molar-refractivity contribution in [2.45, 2.75) is 33.1 Å². The number of hydrogen-bond donors (Lipinski definition) is 2. The minimum Gasteiger partial charge on any atom is -0.481 e. The number of anilines is 1. The summed E-state index contributed by atoms with van der Waals surface area (Å²) in [4.78, 5) is 38.7. The fourth-order valence-corrected chi connectivity index (χ4v) is 3.95. The van der Waals surface area contributed by atoms with Gasteiger partial charge in [0.15, 0.2) is 0 Å². The Bertz CT molecular complexity index is 892. The van der Waals surface area contributed by atoms with E-state index in [0.717, 1.165) is 11.1 Å². The summed E-state index contributed by atoms with van der Waals surface area (Å²) in [5, 5.41) is 12.6. The Balaban J connectivity index is 1.67. The van der Waals surface area contributed by atoms with Gasteiger partial charge in [-0.25, -0.2) is 0 Å². The van der Waals surface area contributed by atoms with Crippen LogP contribution in [0, 0.1) is 5.41 Å². The van der Waals surface area contributed by atoms with Crippen LogP contribution >= 0.6 is 0 Å². The summed E-state index contributed by atoms with van der Waals surface area (Å²) in [5.74, 6) is -1.35. The molecule has 6 nitrogen and oxygen atoms in total. The number of amides is 2. The average Bonchev–Trinajstić information content (AvgIpc) is 3.08. The van der Waals surface area contributed by atoms with Crippen LogP contribution in [0.2, 0.25) is 0 Å². The van der Waals surface area contributed by atoms with Gasteiger partial charge in [-0.05, 0) is 62.1 Å². The second-order valence-electron chi connectivity index (χ2n) is 7.49. The Morgan fingerprint density at radius 3 is 2.00 bits per heavy atom. The first-order valence-electron chi connectivity index (χ1n) is 9.88. The van der Waals surface area contributed by atoms with Gasteiger partial charge in [0.05, 0.1) is 5.41 Å². The first-order valence-corrected chi connectivity index (χ1v) is 9.88. The lowest BCUT2D eigenvalue weighted by molar-refractivity contribution is -0.150. The Hall–Kier alpha value is -3.15. The van der Waals surface area contributed by atoms with E-state index >= 15 is 0 Å². The molecule has 29 heavy (non-hydrogen) atoms. The van der Waals surface area contributed by atoms with Crippen LogP contribution in [-0.2, 0) is 22.4 Å². The monoisotopic (exact) mass is 394 g/mol. The SMILES string of the molecule is CCN(CC)C(=O)c1ccc(NC(=O)CC2(C(=O)O)Cc3ccccc3C2)cc1. The maximum atomic E-state index is 12.6. The largest absolute Gasteiger partial charge is 0.481 e. The van der Waals surface area contributed by atoms with Gasteiger partial charge >= 0.3 is 5.97 Å². The fourth-order valence-electron chi connectivity index (χ4n) is 3.95. The number of rotatable bonds is 7. The molecular weight excluding hydrogens is 368 g/mol. The summed E-state index contributed by atoms with van der Waals surface area (Å²) in [6.07, 6.45) is 0.601. The van der Waals surface area contributed by atoms with E-state index in [0.29, 0.717) is 37.2 Å². The van der Waals surface area contributed by atoms with Crippen LogP contribution in [0.4, 0.5) is 5.69 Å². The van der Waals surface area contributed by atoms with E-state index in [4.69, 9.17) is 0 Å². The van der Waals surface area contributed by atoms with Gasteiger partial charge in [0.1, 0.15) is 0 Å². The van der Waals surface area contributed by atoms with Crippen molar-refractivity contribution < 1.29 is 19.5 Å². The second-order valence-corrected chi connectivity index (χ2v) is 7.49. The number of carbonyl (C=O) groups is 3. The molecule has 0 aromatic heterocycles. The maximum absolute atomic E-state index is 12.6. The standard InChI is InChI=1S/C23H26N2O4/c1-3-25(4-2)21(27)16-9-11-19(12-10-16)24-20(26)15-23(22(28)29)13-17-7-5-6-8-18(17)14-23/h5-12H,3-4,13-15H2,1-2H3,(H,24,26)(H,28,29). The highest BCUT2D eigenvalue weighted by Crippen LogP contribution is 2.40. The average molecular weight is 394 g/mol. The molecule has 3 rings (SSSR count). The number of hydrogen-bond acceptors (Lipinski definition) is 3. The lowest BCUT2D eigenvalue weighted by Gasteiger charge is -2.23. The highest BCUT2D eigenvalue weighted by atomic mass is 16.4. The van der Waals surface area contributed by atoms with Gasteiger partial charge in [-0.3, -0.25) is 14.4 Å². The van der Waals surface area contributed by atoms with Gasteiger partial charge in [-0.2, -0.15) is 0 Å². The van der Waals surface area contributed by atoms with Crippen LogP contribution in [0.15, 0.2) is 48.5 Å². The highest BCUT2D eigenvalue weighted by Gasteiger charge is 2.45.